The summed E-state index contributed by atoms with van der Waals surface area (Å²) in [5.74, 6) is -3.30. The maximum absolute atomic E-state index is 13.1. The molecule has 1 aromatic carbocycles. The third-order valence-electron chi connectivity index (χ3n) is 2.76. The number of rotatable bonds is 6. The lowest BCUT2D eigenvalue weighted by Crippen LogP contribution is -2.17. The van der Waals surface area contributed by atoms with Crippen LogP contribution in [0, 0.1) is 17.5 Å². The van der Waals surface area contributed by atoms with Crippen LogP contribution in [-0.2, 0) is 6.42 Å². The minimum absolute atomic E-state index is 0.127. The average molecular weight is 284 g/mol. The molecule has 0 atom stereocenters. The average Bonchev–Trinajstić information content (AvgIpc) is 2.89. The Bertz CT molecular complexity index is 561. The highest BCUT2D eigenvalue weighted by molar-refractivity contribution is 5.56. The van der Waals surface area contributed by atoms with E-state index in [1.54, 1.807) is 0 Å². The summed E-state index contributed by atoms with van der Waals surface area (Å²) in [6, 6.07) is 1.77. The Hall–Kier alpha value is -1.82. The highest BCUT2D eigenvalue weighted by atomic mass is 19.2. The van der Waals surface area contributed by atoms with Crippen LogP contribution < -0.4 is 5.32 Å². The van der Waals surface area contributed by atoms with E-state index in [0.29, 0.717) is 18.9 Å². The van der Waals surface area contributed by atoms with Gasteiger partial charge in [0.15, 0.2) is 29.1 Å². The van der Waals surface area contributed by atoms with Gasteiger partial charge in [-0.15, -0.1) is 0 Å². The smallest absolute Gasteiger partial charge is 0.196 e. The molecule has 0 spiro atoms. The van der Waals surface area contributed by atoms with Crippen molar-refractivity contribution in [2.45, 2.75) is 19.8 Å². The summed E-state index contributed by atoms with van der Waals surface area (Å²) in [5, 5.41) is 3.19. The quantitative estimate of drug-likeness (QED) is 0.653. The van der Waals surface area contributed by atoms with Crippen LogP contribution in [0.15, 0.2) is 22.7 Å². The molecule has 6 heteroatoms. The largest absolute Gasteiger partial charge is 0.441 e. The Labute approximate surface area is 114 Å². The fraction of sp³-hybridized carbons (Fsp3) is 0.357. The monoisotopic (exact) mass is 284 g/mol. The summed E-state index contributed by atoms with van der Waals surface area (Å²) >= 11 is 0. The molecule has 3 nitrogen and oxygen atoms in total. The Morgan fingerprint density at radius 3 is 2.50 bits per heavy atom. The van der Waals surface area contributed by atoms with Gasteiger partial charge in [0.2, 0.25) is 0 Å². The van der Waals surface area contributed by atoms with Crippen molar-refractivity contribution >= 4 is 0 Å². The highest BCUT2D eigenvalue weighted by Crippen LogP contribution is 2.24. The molecule has 108 valence electrons. The van der Waals surface area contributed by atoms with E-state index in [9.17, 15) is 13.2 Å². The topological polar surface area (TPSA) is 38.1 Å². The van der Waals surface area contributed by atoms with Crippen molar-refractivity contribution in [2.24, 2.45) is 0 Å². The first-order valence-corrected chi connectivity index (χ1v) is 6.42. The Morgan fingerprint density at radius 2 is 1.85 bits per heavy atom. The molecule has 0 amide bonds. The maximum Gasteiger partial charge on any atom is 0.196 e. The fourth-order valence-electron chi connectivity index (χ4n) is 1.75. The van der Waals surface area contributed by atoms with Crippen molar-refractivity contribution < 1.29 is 17.6 Å². The minimum Gasteiger partial charge on any atom is -0.441 e. The van der Waals surface area contributed by atoms with Gasteiger partial charge >= 0.3 is 0 Å². The first kappa shape index (κ1) is 14.6. The summed E-state index contributed by atoms with van der Waals surface area (Å²) in [5.41, 5.74) is 0.127. The van der Waals surface area contributed by atoms with E-state index < -0.39 is 17.5 Å². The van der Waals surface area contributed by atoms with E-state index >= 15 is 0 Å². The molecule has 0 unspecified atom stereocenters. The molecule has 0 aliphatic heterocycles. The van der Waals surface area contributed by atoms with Crippen LogP contribution in [0.25, 0.3) is 11.3 Å². The van der Waals surface area contributed by atoms with E-state index in [4.69, 9.17) is 4.42 Å². The molecule has 1 N–H and O–H groups in total. The predicted molar refractivity (Wildman–Crippen MR) is 68.7 cm³/mol. The van der Waals surface area contributed by atoms with Gasteiger partial charge in [0, 0.05) is 18.5 Å². The van der Waals surface area contributed by atoms with Gasteiger partial charge in [-0.1, -0.05) is 6.92 Å². The Balaban J connectivity index is 2.08. The van der Waals surface area contributed by atoms with Crippen LogP contribution >= 0.6 is 0 Å². The van der Waals surface area contributed by atoms with E-state index in [1.165, 1.54) is 6.20 Å². The Kier molecular flexibility index (Phi) is 4.79. The standard InChI is InChI=1S/C14H15F3N2O/c1-2-4-18-5-3-13-19-8-12(20-13)9-6-10(15)14(17)11(16)7-9/h6-8,18H,2-5H2,1H3. The second-order valence-electron chi connectivity index (χ2n) is 4.37. The number of nitrogens with one attached hydrogen (secondary N) is 1. The molecule has 1 aromatic heterocycles. The lowest BCUT2D eigenvalue weighted by atomic mass is 10.1. The molecule has 0 radical (unpaired) electrons. The number of benzene rings is 1. The number of halogens is 3. The first-order chi connectivity index (χ1) is 9.61. The molecular formula is C14H15F3N2O. The van der Waals surface area contributed by atoms with Crippen molar-refractivity contribution in [3.8, 4) is 11.3 Å². The van der Waals surface area contributed by atoms with Gasteiger partial charge in [0.05, 0.1) is 6.20 Å². The van der Waals surface area contributed by atoms with Crippen LogP contribution in [0.4, 0.5) is 13.2 Å². The molecular weight excluding hydrogens is 269 g/mol. The van der Waals surface area contributed by atoms with Gasteiger partial charge in [0.25, 0.3) is 0 Å². The van der Waals surface area contributed by atoms with Crippen molar-refractivity contribution in [1.82, 2.24) is 10.3 Å². The van der Waals surface area contributed by atoms with Gasteiger partial charge in [-0.05, 0) is 25.1 Å². The van der Waals surface area contributed by atoms with E-state index in [0.717, 1.165) is 25.1 Å². The summed E-state index contributed by atoms with van der Waals surface area (Å²) in [7, 11) is 0. The van der Waals surface area contributed by atoms with Gasteiger partial charge < -0.3 is 9.73 Å². The molecule has 0 aliphatic rings. The zero-order valence-electron chi connectivity index (χ0n) is 11.0. The van der Waals surface area contributed by atoms with Gasteiger partial charge in [-0.2, -0.15) is 0 Å². The number of hydrogen-bond acceptors (Lipinski definition) is 3. The molecule has 0 saturated carbocycles. The summed E-state index contributed by atoms with van der Waals surface area (Å²) in [4.78, 5) is 4.03. The second kappa shape index (κ2) is 6.56. The molecule has 0 fully saturated rings. The van der Waals surface area contributed by atoms with Gasteiger partial charge in [0.1, 0.15) is 0 Å². The summed E-state index contributed by atoms with van der Waals surface area (Å²) in [6.07, 6.45) is 2.98. The molecule has 2 rings (SSSR count). The van der Waals surface area contributed by atoms with Crippen molar-refractivity contribution in [3.63, 3.8) is 0 Å². The maximum atomic E-state index is 13.1. The SMILES string of the molecule is CCCNCCc1ncc(-c2cc(F)c(F)c(F)c2)o1. The molecule has 20 heavy (non-hydrogen) atoms. The van der Waals surface area contributed by atoms with Crippen LogP contribution in [0.5, 0.6) is 0 Å². The van der Waals surface area contributed by atoms with Crippen molar-refractivity contribution in [1.29, 1.82) is 0 Å². The first-order valence-electron chi connectivity index (χ1n) is 6.42. The lowest BCUT2D eigenvalue weighted by molar-refractivity contribution is 0.446. The molecule has 2 aromatic rings. The summed E-state index contributed by atoms with van der Waals surface area (Å²) in [6.45, 7) is 3.68. The molecule has 0 aliphatic carbocycles. The third-order valence-corrected chi connectivity index (χ3v) is 2.76. The number of oxazole rings is 1. The fourth-order valence-corrected chi connectivity index (χ4v) is 1.75. The lowest BCUT2D eigenvalue weighted by Gasteiger charge is -2.00. The van der Waals surface area contributed by atoms with Crippen molar-refractivity contribution in [2.75, 3.05) is 13.1 Å². The Morgan fingerprint density at radius 1 is 1.15 bits per heavy atom. The zero-order chi connectivity index (χ0) is 14.5. The van der Waals surface area contributed by atoms with E-state index in [-0.39, 0.29) is 11.3 Å². The number of aromatic nitrogens is 1. The van der Waals surface area contributed by atoms with Gasteiger partial charge in [-0.25, -0.2) is 18.2 Å². The third kappa shape index (κ3) is 3.39. The van der Waals surface area contributed by atoms with Gasteiger partial charge in [-0.3, -0.25) is 0 Å². The van der Waals surface area contributed by atoms with Crippen LogP contribution in [0.1, 0.15) is 19.2 Å². The number of hydrogen-bond donors (Lipinski definition) is 1. The van der Waals surface area contributed by atoms with E-state index in [2.05, 4.69) is 17.2 Å². The predicted octanol–water partition coefficient (Wildman–Crippen LogP) is 3.30. The van der Waals surface area contributed by atoms with E-state index in [1.807, 2.05) is 0 Å². The molecule has 0 saturated heterocycles. The second-order valence-corrected chi connectivity index (χ2v) is 4.37. The normalized spacial score (nSPS) is 11.0. The summed E-state index contributed by atoms with van der Waals surface area (Å²) < 4.78 is 44.5. The number of nitrogens with zero attached hydrogens (tertiary/aromatic N) is 1. The molecule has 1 heterocycles. The van der Waals surface area contributed by atoms with Crippen LogP contribution in [0.3, 0.4) is 0 Å². The molecule has 0 bridgehead atoms. The van der Waals surface area contributed by atoms with Crippen LogP contribution in [-0.4, -0.2) is 18.1 Å². The van der Waals surface area contributed by atoms with Crippen LogP contribution in [0.2, 0.25) is 0 Å². The highest BCUT2D eigenvalue weighted by Gasteiger charge is 2.14. The van der Waals surface area contributed by atoms with Crippen molar-refractivity contribution in [3.05, 3.63) is 41.7 Å². The minimum atomic E-state index is -1.49. The zero-order valence-corrected chi connectivity index (χ0v) is 11.0.